The number of hydrogen-bond acceptors (Lipinski definition) is 4. The molecule has 0 saturated heterocycles. The monoisotopic (exact) mass is 248 g/mol. The molecule has 2 aromatic rings. The summed E-state index contributed by atoms with van der Waals surface area (Å²) in [4.78, 5) is 11.8. The Morgan fingerprint density at radius 3 is 2.67 bits per heavy atom. The highest BCUT2D eigenvalue weighted by atomic mass is 16.5. The van der Waals surface area contributed by atoms with Crippen molar-refractivity contribution in [2.75, 3.05) is 13.7 Å². The van der Waals surface area contributed by atoms with Crippen molar-refractivity contribution in [2.24, 2.45) is 0 Å². The second-order valence-electron chi connectivity index (χ2n) is 4.07. The highest BCUT2D eigenvalue weighted by Gasteiger charge is 2.21. The molecule has 0 bridgehead atoms. The third kappa shape index (κ3) is 1.83. The van der Waals surface area contributed by atoms with Crippen LogP contribution in [0.15, 0.2) is 16.5 Å². The van der Waals surface area contributed by atoms with Crippen molar-refractivity contribution >= 4 is 16.9 Å². The maximum atomic E-state index is 11.8. The van der Waals surface area contributed by atoms with Gasteiger partial charge < -0.3 is 13.9 Å². The zero-order chi connectivity index (χ0) is 13.3. The smallest absolute Gasteiger partial charge is 0.374 e. The fraction of sp³-hybridized carbons (Fsp3) is 0.357. The summed E-state index contributed by atoms with van der Waals surface area (Å²) in [7, 11) is 1.61. The third-order valence-corrected chi connectivity index (χ3v) is 2.91. The van der Waals surface area contributed by atoms with Gasteiger partial charge in [-0.2, -0.15) is 0 Å². The lowest BCUT2D eigenvalue weighted by molar-refractivity contribution is 0.0491. The molecule has 0 amide bonds. The highest BCUT2D eigenvalue weighted by molar-refractivity contribution is 5.98. The molecule has 1 heterocycles. The van der Waals surface area contributed by atoms with E-state index in [1.54, 1.807) is 14.0 Å². The topological polar surface area (TPSA) is 48.7 Å². The van der Waals surface area contributed by atoms with Crippen LogP contribution in [-0.4, -0.2) is 19.7 Å². The van der Waals surface area contributed by atoms with Gasteiger partial charge in [0.05, 0.1) is 19.1 Å². The molecule has 0 aliphatic rings. The van der Waals surface area contributed by atoms with E-state index in [9.17, 15) is 4.79 Å². The Hall–Kier alpha value is -1.97. The number of carbonyl (C=O) groups is 1. The van der Waals surface area contributed by atoms with Crippen LogP contribution in [0.4, 0.5) is 0 Å². The minimum atomic E-state index is -0.439. The summed E-state index contributed by atoms with van der Waals surface area (Å²) in [5.74, 6) is 0.547. The number of methoxy groups -OCH3 is 1. The van der Waals surface area contributed by atoms with E-state index in [0.29, 0.717) is 12.2 Å². The SMILES string of the molecule is CCOC(=O)c1oc2ccc(C)c(OC)c2c1C. The maximum Gasteiger partial charge on any atom is 0.374 e. The summed E-state index contributed by atoms with van der Waals surface area (Å²) in [5, 5.41) is 0.834. The first-order valence-corrected chi connectivity index (χ1v) is 5.84. The second-order valence-corrected chi connectivity index (χ2v) is 4.07. The first kappa shape index (κ1) is 12.5. The summed E-state index contributed by atoms with van der Waals surface area (Å²) < 4.78 is 15.9. The Morgan fingerprint density at radius 2 is 2.06 bits per heavy atom. The van der Waals surface area contributed by atoms with Crippen LogP contribution in [-0.2, 0) is 4.74 Å². The minimum absolute atomic E-state index is 0.246. The minimum Gasteiger partial charge on any atom is -0.496 e. The molecule has 0 radical (unpaired) electrons. The molecule has 4 heteroatoms. The largest absolute Gasteiger partial charge is 0.496 e. The molecular weight excluding hydrogens is 232 g/mol. The number of furan rings is 1. The number of ether oxygens (including phenoxy) is 2. The molecule has 1 aromatic heterocycles. The number of fused-ring (bicyclic) bond motifs is 1. The zero-order valence-corrected chi connectivity index (χ0v) is 11.0. The van der Waals surface area contributed by atoms with Gasteiger partial charge in [-0.3, -0.25) is 0 Å². The predicted molar refractivity (Wildman–Crippen MR) is 68.2 cm³/mol. The number of esters is 1. The van der Waals surface area contributed by atoms with Crippen molar-refractivity contribution in [2.45, 2.75) is 20.8 Å². The molecule has 4 nitrogen and oxygen atoms in total. The Balaban J connectivity index is 2.67. The number of hydrogen-bond donors (Lipinski definition) is 0. The van der Waals surface area contributed by atoms with Crippen LogP contribution in [0.2, 0.25) is 0 Å². The van der Waals surface area contributed by atoms with E-state index in [2.05, 4.69) is 0 Å². The lowest BCUT2D eigenvalue weighted by atomic mass is 10.1. The number of rotatable bonds is 3. The van der Waals surface area contributed by atoms with Crippen LogP contribution in [0.5, 0.6) is 5.75 Å². The van der Waals surface area contributed by atoms with Crippen LogP contribution >= 0.6 is 0 Å². The quantitative estimate of drug-likeness (QED) is 0.782. The molecule has 18 heavy (non-hydrogen) atoms. The molecule has 0 N–H and O–H groups in total. The van der Waals surface area contributed by atoms with Crippen molar-refractivity contribution in [3.8, 4) is 5.75 Å². The van der Waals surface area contributed by atoms with Crippen molar-refractivity contribution in [3.05, 3.63) is 29.0 Å². The summed E-state index contributed by atoms with van der Waals surface area (Å²) >= 11 is 0. The van der Waals surface area contributed by atoms with Crippen molar-refractivity contribution in [1.29, 1.82) is 0 Å². The summed E-state index contributed by atoms with van der Waals surface area (Å²) in [6.45, 7) is 5.88. The standard InChI is InChI=1S/C14H16O4/c1-5-17-14(15)13-9(3)11-10(18-13)7-6-8(2)12(11)16-4/h6-7H,5H2,1-4H3. The molecule has 0 atom stereocenters. The summed E-state index contributed by atoms with van der Waals surface area (Å²) in [6.07, 6.45) is 0. The van der Waals surface area contributed by atoms with Gasteiger partial charge in [0.2, 0.25) is 5.76 Å². The van der Waals surface area contributed by atoms with Gasteiger partial charge >= 0.3 is 5.97 Å². The van der Waals surface area contributed by atoms with E-state index in [-0.39, 0.29) is 5.76 Å². The van der Waals surface area contributed by atoms with Crippen LogP contribution in [0.25, 0.3) is 11.0 Å². The van der Waals surface area contributed by atoms with Crippen molar-refractivity contribution in [1.82, 2.24) is 0 Å². The molecule has 2 rings (SSSR count). The molecule has 0 fully saturated rings. The van der Waals surface area contributed by atoms with Crippen LogP contribution in [0.1, 0.15) is 28.6 Å². The van der Waals surface area contributed by atoms with E-state index in [0.717, 1.165) is 22.3 Å². The maximum absolute atomic E-state index is 11.8. The average molecular weight is 248 g/mol. The van der Waals surface area contributed by atoms with E-state index >= 15 is 0 Å². The molecule has 0 saturated carbocycles. The Labute approximate surface area is 105 Å². The van der Waals surface area contributed by atoms with Gasteiger partial charge in [0.1, 0.15) is 11.3 Å². The third-order valence-electron chi connectivity index (χ3n) is 2.91. The van der Waals surface area contributed by atoms with E-state index < -0.39 is 5.97 Å². The molecular formula is C14H16O4. The number of aryl methyl sites for hydroxylation is 2. The number of carbonyl (C=O) groups excluding carboxylic acids is 1. The summed E-state index contributed by atoms with van der Waals surface area (Å²) in [6, 6.07) is 3.74. The molecule has 0 aliphatic carbocycles. The molecule has 0 aliphatic heterocycles. The van der Waals surface area contributed by atoms with Crippen molar-refractivity contribution in [3.63, 3.8) is 0 Å². The van der Waals surface area contributed by atoms with Gasteiger partial charge in [0, 0.05) is 5.56 Å². The fourth-order valence-corrected chi connectivity index (χ4v) is 2.06. The predicted octanol–water partition coefficient (Wildman–Crippen LogP) is 3.23. The van der Waals surface area contributed by atoms with Crippen LogP contribution in [0, 0.1) is 13.8 Å². The van der Waals surface area contributed by atoms with Gasteiger partial charge in [-0.05, 0) is 32.4 Å². The Morgan fingerprint density at radius 1 is 1.33 bits per heavy atom. The average Bonchev–Trinajstić information content (AvgIpc) is 2.68. The van der Waals surface area contributed by atoms with Gasteiger partial charge in [-0.15, -0.1) is 0 Å². The van der Waals surface area contributed by atoms with E-state index in [1.807, 2.05) is 26.0 Å². The highest BCUT2D eigenvalue weighted by Crippen LogP contribution is 2.35. The number of benzene rings is 1. The second kappa shape index (κ2) is 4.72. The fourth-order valence-electron chi connectivity index (χ4n) is 2.06. The zero-order valence-electron chi connectivity index (χ0n) is 11.0. The summed E-state index contributed by atoms with van der Waals surface area (Å²) in [5.41, 5.74) is 2.39. The lowest BCUT2D eigenvalue weighted by Crippen LogP contribution is -2.04. The van der Waals surface area contributed by atoms with Gasteiger partial charge in [0.25, 0.3) is 0 Å². The van der Waals surface area contributed by atoms with Gasteiger partial charge in [-0.1, -0.05) is 6.07 Å². The molecule has 96 valence electrons. The molecule has 1 aromatic carbocycles. The first-order chi connectivity index (χ1) is 8.60. The van der Waals surface area contributed by atoms with Gasteiger partial charge in [0.15, 0.2) is 0 Å². The lowest BCUT2D eigenvalue weighted by Gasteiger charge is -2.05. The Bertz CT molecular complexity index is 595. The molecule has 0 unspecified atom stereocenters. The first-order valence-electron chi connectivity index (χ1n) is 5.84. The van der Waals surface area contributed by atoms with Gasteiger partial charge in [-0.25, -0.2) is 4.79 Å². The normalized spacial score (nSPS) is 10.7. The van der Waals surface area contributed by atoms with Crippen LogP contribution < -0.4 is 4.74 Å². The molecule has 0 spiro atoms. The van der Waals surface area contributed by atoms with E-state index in [4.69, 9.17) is 13.9 Å². The van der Waals surface area contributed by atoms with Crippen molar-refractivity contribution < 1.29 is 18.7 Å². The Kier molecular flexibility index (Phi) is 3.28. The van der Waals surface area contributed by atoms with E-state index in [1.165, 1.54) is 0 Å². The van der Waals surface area contributed by atoms with Crippen LogP contribution in [0.3, 0.4) is 0 Å².